The lowest BCUT2D eigenvalue weighted by Crippen LogP contribution is -2.47. The van der Waals surface area contributed by atoms with Crippen molar-refractivity contribution in [3.8, 4) is 0 Å². The van der Waals surface area contributed by atoms with E-state index in [1.807, 2.05) is 24.3 Å². The van der Waals surface area contributed by atoms with Gasteiger partial charge in [0.25, 0.3) is 5.91 Å². The fourth-order valence-electron chi connectivity index (χ4n) is 3.13. The lowest BCUT2D eigenvalue weighted by molar-refractivity contribution is 0.0951. The minimum atomic E-state index is -0.108. The number of hydrogen-bond donors (Lipinski definition) is 1. The predicted octanol–water partition coefficient (Wildman–Crippen LogP) is 3.94. The van der Waals surface area contributed by atoms with Crippen LogP contribution >= 0.6 is 23.2 Å². The molecule has 0 aliphatic carbocycles. The molecule has 0 radical (unpaired) electrons. The summed E-state index contributed by atoms with van der Waals surface area (Å²) in [5.74, 6) is -0.108. The molecular formula is C20H23Cl2N3O. The second kappa shape index (κ2) is 9.26. The van der Waals surface area contributed by atoms with Gasteiger partial charge < -0.3 is 10.2 Å². The number of hydrogen-bond acceptors (Lipinski definition) is 3. The number of rotatable bonds is 6. The minimum absolute atomic E-state index is 0.108. The Labute approximate surface area is 164 Å². The van der Waals surface area contributed by atoms with Crippen LogP contribution in [-0.4, -0.2) is 50.1 Å². The number of piperazine rings is 1. The van der Waals surface area contributed by atoms with Crippen LogP contribution in [-0.2, 0) is 0 Å². The van der Waals surface area contributed by atoms with E-state index in [2.05, 4.69) is 27.2 Å². The SMILES string of the molecule is O=C(NCCCN1CCN(c2ccc(Cl)cc2)CC1)c1ccccc1Cl. The van der Waals surface area contributed by atoms with Gasteiger partial charge in [-0.1, -0.05) is 35.3 Å². The maximum Gasteiger partial charge on any atom is 0.252 e. The molecule has 138 valence electrons. The van der Waals surface area contributed by atoms with Gasteiger partial charge in [0.2, 0.25) is 0 Å². The third-order valence-corrected chi connectivity index (χ3v) is 5.20. The van der Waals surface area contributed by atoms with Crippen LogP contribution in [0.25, 0.3) is 0 Å². The molecule has 4 nitrogen and oxygen atoms in total. The first-order valence-corrected chi connectivity index (χ1v) is 9.65. The van der Waals surface area contributed by atoms with Gasteiger partial charge in [0.1, 0.15) is 0 Å². The van der Waals surface area contributed by atoms with E-state index in [0.29, 0.717) is 17.1 Å². The zero-order valence-corrected chi connectivity index (χ0v) is 16.1. The highest BCUT2D eigenvalue weighted by atomic mass is 35.5. The van der Waals surface area contributed by atoms with Crippen LogP contribution < -0.4 is 10.2 Å². The average molecular weight is 392 g/mol. The molecule has 26 heavy (non-hydrogen) atoms. The third-order valence-electron chi connectivity index (χ3n) is 4.62. The molecule has 1 aliphatic rings. The molecule has 2 aromatic carbocycles. The topological polar surface area (TPSA) is 35.6 Å². The lowest BCUT2D eigenvalue weighted by Gasteiger charge is -2.36. The van der Waals surface area contributed by atoms with E-state index in [9.17, 15) is 4.79 Å². The molecule has 3 rings (SSSR count). The van der Waals surface area contributed by atoms with Crippen molar-refractivity contribution in [3.05, 3.63) is 64.1 Å². The summed E-state index contributed by atoms with van der Waals surface area (Å²) in [6.45, 7) is 5.71. The molecule has 0 bridgehead atoms. The molecule has 0 aromatic heterocycles. The highest BCUT2D eigenvalue weighted by Crippen LogP contribution is 2.19. The van der Waals surface area contributed by atoms with E-state index in [1.165, 1.54) is 5.69 Å². The van der Waals surface area contributed by atoms with Gasteiger partial charge in [0.15, 0.2) is 0 Å². The van der Waals surface area contributed by atoms with Gasteiger partial charge >= 0.3 is 0 Å². The number of carbonyl (C=O) groups is 1. The first-order valence-electron chi connectivity index (χ1n) is 8.89. The molecule has 0 unspecified atom stereocenters. The second-order valence-corrected chi connectivity index (χ2v) is 7.24. The van der Waals surface area contributed by atoms with Gasteiger partial charge in [-0.25, -0.2) is 0 Å². The maximum atomic E-state index is 12.1. The zero-order chi connectivity index (χ0) is 18.4. The average Bonchev–Trinajstić information content (AvgIpc) is 2.66. The summed E-state index contributed by atoms with van der Waals surface area (Å²) in [5, 5.41) is 4.21. The summed E-state index contributed by atoms with van der Waals surface area (Å²) in [4.78, 5) is 16.9. The van der Waals surface area contributed by atoms with Crippen molar-refractivity contribution in [2.24, 2.45) is 0 Å². The molecule has 0 saturated carbocycles. The normalized spacial score (nSPS) is 15.1. The largest absolute Gasteiger partial charge is 0.369 e. The summed E-state index contributed by atoms with van der Waals surface area (Å²) in [6, 6.07) is 15.1. The number of anilines is 1. The van der Waals surface area contributed by atoms with E-state index >= 15 is 0 Å². The molecular weight excluding hydrogens is 369 g/mol. The van der Waals surface area contributed by atoms with Crippen molar-refractivity contribution in [2.45, 2.75) is 6.42 Å². The number of halogens is 2. The fourth-order valence-corrected chi connectivity index (χ4v) is 3.47. The van der Waals surface area contributed by atoms with Crippen LogP contribution in [0.5, 0.6) is 0 Å². The van der Waals surface area contributed by atoms with Crippen LogP contribution in [0.15, 0.2) is 48.5 Å². The Morgan fingerprint density at radius 3 is 2.35 bits per heavy atom. The Bertz CT molecular complexity index is 728. The second-order valence-electron chi connectivity index (χ2n) is 6.39. The Kier molecular flexibility index (Phi) is 6.78. The summed E-state index contributed by atoms with van der Waals surface area (Å²) >= 11 is 12.0. The highest BCUT2D eigenvalue weighted by Gasteiger charge is 2.17. The Morgan fingerprint density at radius 2 is 1.65 bits per heavy atom. The monoisotopic (exact) mass is 391 g/mol. The smallest absolute Gasteiger partial charge is 0.252 e. The Hall–Kier alpha value is -1.75. The van der Waals surface area contributed by atoms with Gasteiger partial charge in [-0.3, -0.25) is 9.69 Å². The number of amides is 1. The van der Waals surface area contributed by atoms with E-state index < -0.39 is 0 Å². The van der Waals surface area contributed by atoms with E-state index in [0.717, 1.165) is 44.2 Å². The van der Waals surface area contributed by atoms with Crippen LogP contribution in [0, 0.1) is 0 Å². The summed E-state index contributed by atoms with van der Waals surface area (Å²) < 4.78 is 0. The Balaban J connectivity index is 1.36. The number of benzene rings is 2. The van der Waals surface area contributed by atoms with Crippen molar-refractivity contribution in [3.63, 3.8) is 0 Å². The standard InChI is InChI=1S/C20H23Cl2N3O/c21-16-6-8-17(9-7-16)25-14-12-24(13-15-25)11-3-10-23-20(26)18-4-1-2-5-19(18)22/h1-2,4-9H,3,10-15H2,(H,23,26). The van der Waals surface area contributed by atoms with Gasteiger partial charge in [-0.2, -0.15) is 0 Å². The fraction of sp³-hybridized carbons (Fsp3) is 0.350. The maximum absolute atomic E-state index is 12.1. The number of carbonyl (C=O) groups excluding carboxylic acids is 1. The quantitative estimate of drug-likeness (QED) is 0.757. The van der Waals surface area contributed by atoms with Crippen molar-refractivity contribution in [2.75, 3.05) is 44.2 Å². The molecule has 1 heterocycles. The zero-order valence-electron chi connectivity index (χ0n) is 14.6. The first kappa shape index (κ1) is 19.0. The minimum Gasteiger partial charge on any atom is -0.369 e. The highest BCUT2D eigenvalue weighted by molar-refractivity contribution is 6.33. The van der Waals surface area contributed by atoms with Gasteiger partial charge in [0, 0.05) is 43.4 Å². The van der Waals surface area contributed by atoms with E-state index in [1.54, 1.807) is 12.1 Å². The van der Waals surface area contributed by atoms with Crippen molar-refractivity contribution < 1.29 is 4.79 Å². The molecule has 0 atom stereocenters. The number of nitrogens with one attached hydrogen (secondary N) is 1. The van der Waals surface area contributed by atoms with E-state index in [4.69, 9.17) is 23.2 Å². The first-order chi connectivity index (χ1) is 12.6. The number of nitrogens with zero attached hydrogens (tertiary/aromatic N) is 2. The van der Waals surface area contributed by atoms with E-state index in [-0.39, 0.29) is 5.91 Å². The van der Waals surface area contributed by atoms with Crippen LogP contribution in [0.2, 0.25) is 10.0 Å². The summed E-state index contributed by atoms with van der Waals surface area (Å²) in [7, 11) is 0. The van der Waals surface area contributed by atoms with Crippen molar-refractivity contribution in [1.29, 1.82) is 0 Å². The van der Waals surface area contributed by atoms with Crippen molar-refractivity contribution in [1.82, 2.24) is 10.2 Å². The van der Waals surface area contributed by atoms with Crippen LogP contribution in [0.4, 0.5) is 5.69 Å². The molecule has 2 aromatic rings. The molecule has 1 aliphatic heterocycles. The molecule has 1 N–H and O–H groups in total. The molecule has 0 spiro atoms. The lowest BCUT2D eigenvalue weighted by atomic mass is 10.2. The molecule has 1 saturated heterocycles. The molecule has 1 fully saturated rings. The third kappa shape index (κ3) is 5.13. The molecule has 6 heteroatoms. The van der Waals surface area contributed by atoms with Crippen molar-refractivity contribution >= 4 is 34.8 Å². The summed E-state index contributed by atoms with van der Waals surface area (Å²) in [5.41, 5.74) is 1.76. The van der Waals surface area contributed by atoms with Crippen LogP contribution in [0.3, 0.4) is 0 Å². The van der Waals surface area contributed by atoms with Gasteiger partial charge in [-0.15, -0.1) is 0 Å². The van der Waals surface area contributed by atoms with Gasteiger partial charge in [-0.05, 0) is 49.4 Å². The van der Waals surface area contributed by atoms with Crippen LogP contribution in [0.1, 0.15) is 16.8 Å². The summed E-state index contributed by atoms with van der Waals surface area (Å²) in [6.07, 6.45) is 0.928. The van der Waals surface area contributed by atoms with Gasteiger partial charge in [0.05, 0.1) is 10.6 Å². The Morgan fingerprint density at radius 1 is 0.962 bits per heavy atom. The predicted molar refractivity (Wildman–Crippen MR) is 109 cm³/mol. The molecule has 1 amide bonds.